The first-order valence-electron chi connectivity index (χ1n) is 9.49. The van der Waals surface area contributed by atoms with E-state index in [1.54, 1.807) is 0 Å². The quantitative estimate of drug-likeness (QED) is 0.448. The second-order valence-corrected chi connectivity index (χ2v) is 7.11. The fourth-order valence-corrected chi connectivity index (χ4v) is 3.95. The van der Waals surface area contributed by atoms with Crippen molar-refractivity contribution >= 4 is 5.78 Å². The maximum Gasteiger partial charge on any atom is 0.138 e. The Morgan fingerprint density at radius 3 is 2.05 bits per heavy atom. The van der Waals surface area contributed by atoms with Crippen molar-refractivity contribution in [2.24, 2.45) is 5.92 Å². The highest BCUT2D eigenvalue weighted by Crippen LogP contribution is 2.39. The minimum absolute atomic E-state index is 0.252. The molecule has 0 aromatic rings. The summed E-state index contributed by atoms with van der Waals surface area (Å²) in [5, 5.41) is 0. The second-order valence-electron chi connectivity index (χ2n) is 7.11. The maximum atomic E-state index is 12.2. The van der Waals surface area contributed by atoms with Gasteiger partial charge in [0.05, 0.1) is 12.2 Å². The Labute approximate surface area is 131 Å². The van der Waals surface area contributed by atoms with Gasteiger partial charge in [-0.2, -0.15) is 0 Å². The van der Waals surface area contributed by atoms with E-state index in [-0.39, 0.29) is 12.0 Å². The van der Waals surface area contributed by atoms with E-state index in [1.165, 1.54) is 64.2 Å². The zero-order valence-electron chi connectivity index (χ0n) is 13.9. The number of hydrogen-bond acceptors (Lipinski definition) is 2. The van der Waals surface area contributed by atoms with Gasteiger partial charge in [-0.05, 0) is 25.7 Å². The molecule has 122 valence electrons. The van der Waals surface area contributed by atoms with Crippen LogP contribution in [0.15, 0.2) is 0 Å². The molecule has 2 aliphatic rings. The topological polar surface area (TPSA) is 26.3 Å². The van der Waals surface area contributed by atoms with Crippen molar-refractivity contribution in [1.29, 1.82) is 0 Å². The van der Waals surface area contributed by atoms with E-state index in [2.05, 4.69) is 6.92 Å². The molecule has 2 nitrogen and oxygen atoms in total. The molecule has 0 spiro atoms. The van der Waals surface area contributed by atoms with Gasteiger partial charge in [-0.25, -0.2) is 0 Å². The van der Waals surface area contributed by atoms with Crippen LogP contribution in [-0.2, 0) is 9.53 Å². The average Bonchev–Trinajstić information content (AvgIpc) is 3.12. The number of ketones is 1. The molecule has 0 aromatic heterocycles. The van der Waals surface area contributed by atoms with Crippen LogP contribution < -0.4 is 0 Å². The number of carbonyl (C=O) groups excluding carboxylic acids is 1. The van der Waals surface area contributed by atoms with E-state index >= 15 is 0 Å². The van der Waals surface area contributed by atoms with Crippen LogP contribution in [0.4, 0.5) is 0 Å². The van der Waals surface area contributed by atoms with Gasteiger partial charge in [-0.3, -0.25) is 4.79 Å². The molecule has 2 heteroatoms. The summed E-state index contributed by atoms with van der Waals surface area (Å²) in [5.74, 6) is 0.740. The molecule has 21 heavy (non-hydrogen) atoms. The van der Waals surface area contributed by atoms with Crippen LogP contribution >= 0.6 is 0 Å². The summed E-state index contributed by atoms with van der Waals surface area (Å²) in [5.41, 5.74) is 0. The van der Waals surface area contributed by atoms with Crippen LogP contribution in [0.25, 0.3) is 0 Å². The van der Waals surface area contributed by atoms with Gasteiger partial charge >= 0.3 is 0 Å². The summed E-state index contributed by atoms with van der Waals surface area (Å²) in [6, 6.07) is 0. The Morgan fingerprint density at radius 1 is 0.905 bits per heavy atom. The molecule has 2 aliphatic heterocycles. The number of Topliss-reactive ketones (excluding diaryl/α,β-unsaturated/α-hetero) is 1. The van der Waals surface area contributed by atoms with Crippen LogP contribution in [0.2, 0.25) is 0 Å². The average molecular weight is 294 g/mol. The van der Waals surface area contributed by atoms with Crippen molar-refractivity contribution in [2.45, 2.75) is 109 Å². The Balaban J connectivity index is 1.39. The van der Waals surface area contributed by atoms with Crippen LogP contribution in [0.1, 0.15) is 96.8 Å². The monoisotopic (exact) mass is 294 g/mol. The van der Waals surface area contributed by atoms with Crippen molar-refractivity contribution < 1.29 is 9.53 Å². The largest absolute Gasteiger partial charge is 0.374 e. The third-order valence-electron chi connectivity index (χ3n) is 5.30. The molecule has 2 heterocycles. The lowest BCUT2D eigenvalue weighted by Gasteiger charge is -2.16. The number of unbranched alkanes of at least 4 members (excludes halogenated alkanes) is 9. The van der Waals surface area contributed by atoms with Crippen molar-refractivity contribution in [3.63, 3.8) is 0 Å². The van der Waals surface area contributed by atoms with Gasteiger partial charge in [0.1, 0.15) is 5.78 Å². The number of carbonyl (C=O) groups is 1. The van der Waals surface area contributed by atoms with Gasteiger partial charge in [0.25, 0.3) is 0 Å². The highest BCUT2D eigenvalue weighted by atomic mass is 16.5. The molecule has 2 fully saturated rings. The van der Waals surface area contributed by atoms with Crippen molar-refractivity contribution in [1.82, 2.24) is 0 Å². The number of rotatable bonds is 12. The predicted molar refractivity (Wildman–Crippen MR) is 87.5 cm³/mol. The van der Waals surface area contributed by atoms with Crippen LogP contribution in [0.3, 0.4) is 0 Å². The van der Waals surface area contributed by atoms with E-state index in [0.717, 1.165) is 25.7 Å². The Kier molecular flexibility index (Phi) is 7.77. The molecule has 0 saturated carbocycles. The number of hydrogen-bond donors (Lipinski definition) is 0. The smallest absolute Gasteiger partial charge is 0.138 e. The summed E-state index contributed by atoms with van der Waals surface area (Å²) in [4.78, 5) is 12.2. The van der Waals surface area contributed by atoms with Gasteiger partial charge in [-0.1, -0.05) is 64.7 Å². The minimum atomic E-state index is 0.252. The molecule has 2 rings (SSSR count). The lowest BCUT2D eigenvalue weighted by Crippen LogP contribution is -2.25. The van der Waals surface area contributed by atoms with Crippen molar-refractivity contribution in [2.75, 3.05) is 0 Å². The van der Waals surface area contributed by atoms with Crippen LogP contribution in [-0.4, -0.2) is 18.0 Å². The zero-order chi connectivity index (χ0) is 14.9. The second kappa shape index (κ2) is 9.61. The predicted octanol–water partition coefficient (Wildman–Crippen LogP) is 5.43. The van der Waals surface area contributed by atoms with Gasteiger partial charge in [0.2, 0.25) is 0 Å². The first-order valence-corrected chi connectivity index (χ1v) is 9.49. The molecular weight excluding hydrogens is 260 g/mol. The van der Waals surface area contributed by atoms with Crippen LogP contribution in [0.5, 0.6) is 0 Å². The van der Waals surface area contributed by atoms with Crippen molar-refractivity contribution in [3.8, 4) is 0 Å². The highest BCUT2D eigenvalue weighted by molar-refractivity contribution is 5.82. The van der Waals surface area contributed by atoms with Gasteiger partial charge in [-0.15, -0.1) is 0 Å². The molecular formula is C19H34O2. The summed E-state index contributed by atoms with van der Waals surface area (Å²) in [6.07, 6.45) is 18.2. The normalized spacial score (nSPS) is 27.4. The lowest BCUT2D eigenvalue weighted by molar-refractivity contribution is -0.124. The lowest BCUT2D eigenvalue weighted by atomic mass is 9.84. The summed E-state index contributed by atoms with van der Waals surface area (Å²) in [7, 11) is 0. The van der Waals surface area contributed by atoms with E-state index < -0.39 is 0 Å². The molecule has 0 N–H and O–H groups in total. The Hall–Kier alpha value is -0.370. The fourth-order valence-electron chi connectivity index (χ4n) is 3.95. The standard InChI is InChI=1S/C19H34O2/c1-2-3-4-5-6-7-8-9-10-11-12-18(20)17-15-16-13-14-19(17)21-16/h16-17,19H,2-15H2,1H3. The van der Waals surface area contributed by atoms with E-state index in [9.17, 15) is 4.79 Å². The Bertz CT molecular complexity index is 300. The van der Waals surface area contributed by atoms with E-state index in [4.69, 9.17) is 4.74 Å². The van der Waals surface area contributed by atoms with Gasteiger partial charge < -0.3 is 4.74 Å². The minimum Gasteiger partial charge on any atom is -0.374 e. The molecule has 0 aromatic carbocycles. The summed E-state index contributed by atoms with van der Waals surface area (Å²) in [6.45, 7) is 2.27. The fraction of sp³-hybridized carbons (Fsp3) is 0.947. The molecule has 2 saturated heterocycles. The third kappa shape index (κ3) is 5.73. The molecule has 3 unspecified atom stereocenters. The van der Waals surface area contributed by atoms with Gasteiger partial charge in [0.15, 0.2) is 0 Å². The zero-order valence-corrected chi connectivity index (χ0v) is 13.9. The number of fused-ring (bicyclic) bond motifs is 2. The molecule has 0 amide bonds. The Morgan fingerprint density at radius 2 is 1.52 bits per heavy atom. The summed E-state index contributed by atoms with van der Waals surface area (Å²) >= 11 is 0. The van der Waals surface area contributed by atoms with Gasteiger partial charge in [0, 0.05) is 12.3 Å². The third-order valence-corrected chi connectivity index (χ3v) is 5.30. The number of ether oxygens (including phenoxy) is 1. The molecule has 0 aliphatic carbocycles. The molecule has 2 bridgehead atoms. The molecule has 0 radical (unpaired) electrons. The van der Waals surface area contributed by atoms with Crippen LogP contribution in [0, 0.1) is 5.92 Å². The summed E-state index contributed by atoms with van der Waals surface area (Å²) < 4.78 is 5.78. The first-order chi connectivity index (χ1) is 10.3. The SMILES string of the molecule is CCCCCCCCCCCCC(=O)C1CC2CCC1O2. The molecule has 3 atom stereocenters. The first kappa shape index (κ1) is 17.0. The van der Waals surface area contributed by atoms with Crippen molar-refractivity contribution in [3.05, 3.63) is 0 Å². The van der Waals surface area contributed by atoms with E-state index in [1.807, 2.05) is 0 Å². The maximum absolute atomic E-state index is 12.2. The van der Waals surface area contributed by atoms with E-state index in [0.29, 0.717) is 11.9 Å². The highest BCUT2D eigenvalue weighted by Gasteiger charge is 2.43.